The van der Waals surface area contributed by atoms with Crippen LogP contribution < -0.4 is 20.1 Å². The van der Waals surface area contributed by atoms with Gasteiger partial charge >= 0.3 is 6.03 Å². The van der Waals surface area contributed by atoms with Crippen molar-refractivity contribution in [3.05, 3.63) is 23.8 Å². The standard InChI is InChI=1S/C20H26N4O5/c1-2-23-7-3-4-14(23)10-21-18(25)9-15-19(26)24(20(27)22-15)11-13-5-6-16-17(8-13)29-12-28-16/h5-6,8,14-15H,2-4,7,9-12H2,1H3,(H,21,25)(H,22,27)/t14-,15+/m1/s1. The molecule has 4 amide bonds. The molecule has 0 saturated carbocycles. The lowest BCUT2D eigenvalue weighted by Gasteiger charge is -2.23. The van der Waals surface area contributed by atoms with E-state index in [1.165, 1.54) is 0 Å². The van der Waals surface area contributed by atoms with Gasteiger partial charge in [0.05, 0.1) is 13.0 Å². The summed E-state index contributed by atoms with van der Waals surface area (Å²) in [4.78, 5) is 40.7. The van der Waals surface area contributed by atoms with Gasteiger partial charge in [0.1, 0.15) is 6.04 Å². The number of hydrogen-bond acceptors (Lipinski definition) is 6. The zero-order chi connectivity index (χ0) is 20.4. The number of carbonyl (C=O) groups excluding carboxylic acids is 3. The van der Waals surface area contributed by atoms with Gasteiger partial charge in [-0.25, -0.2) is 4.79 Å². The molecule has 0 aromatic heterocycles. The number of hydrogen-bond donors (Lipinski definition) is 2. The van der Waals surface area contributed by atoms with Crippen LogP contribution in [0.15, 0.2) is 18.2 Å². The Bertz CT molecular complexity index is 814. The first-order valence-electron chi connectivity index (χ1n) is 10.1. The van der Waals surface area contributed by atoms with Gasteiger partial charge in [0.25, 0.3) is 5.91 Å². The maximum atomic E-state index is 12.6. The predicted molar refractivity (Wildman–Crippen MR) is 103 cm³/mol. The molecule has 9 heteroatoms. The normalized spacial score (nSPS) is 23.6. The number of nitrogens with zero attached hydrogens (tertiary/aromatic N) is 2. The average Bonchev–Trinajstić information content (AvgIpc) is 3.42. The molecule has 156 valence electrons. The zero-order valence-electron chi connectivity index (χ0n) is 16.5. The summed E-state index contributed by atoms with van der Waals surface area (Å²) < 4.78 is 10.6. The van der Waals surface area contributed by atoms with Crippen LogP contribution in [0, 0.1) is 0 Å². The molecule has 0 bridgehead atoms. The topological polar surface area (TPSA) is 100 Å². The summed E-state index contributed by atoms with van der Waals surface area (Å²) in [5.74, 6) is 0.623. The molecule has 2 saturated heterocycles. The fraction of sp³-hybridized carbons (Fsp3) is 0.550. The molecular weight excluding hydrogens is 376 g/mol. The second kappa shape index (κ2) is 8.28. The Hall–Kier alpha value is -2.81. The fourth-order valence-electron chi connectivity index (χ4n) is 4.12. The lowest BCUT2D eigenvalue weighted by atomic mass is 10.1. The molecule has 0 spiro atoms. The van der Waals surface area contributed by atoms with Gasteiger partial charge in [-0.3, -0.25) is 19.4 Å². The Morgan fingerprint density at radius 1 is 1.28 bits per heavy atom. The van der Waals surface area contributed by atoms with E-state index >= 15 is 0 Å². The SMILES string of the molecule is CCN1CCC[C@@H]1CNC(=O)C[C@@H]1NC(=O)N(Cc2ccc3c(c2)OCO3)C1=O. The Balaban J connectivity index is 1.30. The Morgan fingerprint density at radius 3 is 2.93 bits per heavy atom. The molecule has 29 heavy (non-hydrogen) atoms. The van der Waals surface area contributed by atoms with Gasteiger partial charge in [0, 0.05) is 12.6 Å². The molecule has 2 N–H and O–H groups in total. The average molecular weight is 402 g/mol. The molecule has 0 unspecified atom stereocenters. The maximum Gasteiger partial charge on any atom is 0.325 e. The van der Waals surface area contributed by atoms with E-state index in [2.05, 4.69) is 22.5 Å². The largest absolute Gasteiger partial charge is 0.454 e. The van der Waals surface area contributed by atoms with Gasteiger partial charge in [0.2, 0.25) is 12.7 Å². The molecule has 1 aromatic rings. The van der Waals surface area contributed by atoms with E-state index < -0.39 is 12.1 Å². The van der Waals surface area contributed by atoms with Crippen molar-refractivity contribution in [2.45, 2.75) is 44.8 Å². The second-order valence-corrected chi connectivity index (χ2v) is 7.55. The third-order valence-corrected chi connectivity index (χ3v) is 5.71. The predicted octanol–water partition coefficient (Wildman–Crippen LogP) is 0.826. The van der Waals surface area contributed by atoms with Gasteiger partial charge < -0.3 is 20.1 Å². The molecule has 2 fully saturated rings. The molecule has 3 aliphatic rings. The molecule has 4 rings (SSSR count). The van der Waals surface area contributed by atoms with Gasteiger partial charge in [-0.15, -0.1) is 0 Å². The molecule has 3 aliphatic heterocycles. The van der Waals surface area contributed by atoms with Crippen molar-refractivity contribution in [2.75, 3.05) is 26.4 Å². The first-order chi connectivity index (χ1) is 14.0. The monoisotopic (exact) mass is 402 g/mol. The van der Waals surface area contributed by atoms with Gasteiger partial charge in [-0.1, -0.05) is 13.0 Å². The number of fused-ring (bicyclic) bond motifs is 1. The Morgan fingerprint density at radius 2 is 2.10 bits per heavy atom. The molecule has 0 aliphatic carbocycles. The summed E-state index contributed by atoms with van der Waals surface area (Å²) in [6.07, 6.45) is 2.15. The number of ether oxygens (including phenoxy) is 2. The van der Waals surface area contributed by atoms with Crippen LogP contribution in [-0.4, -0.2) is 66.2 Å². The molecular formula is C20H26N4O5. The molecule has 2 atom stereocenters. The molecule has 0 radical (unpaired) electrons. The first kappa shape index (κ1) is 19.5. The summed E-state index contributed by atoms with van der Waals surface area (Å²) in [5.41, 5.74) is 0.753. The minimum absolute atomic E-state index is 0.0545. The highest BCUT2D eigenvalue weighted by Gasteiger charge is 2.39. The number of likely N-dealkylation sites (tertiary alicyclic amines) is 1. The third-order valence-electron chi connectivity index (χ3n) is 5.71. The van der Waals surface area contributed by atoms with Gasteiger partial charge in [-0.2, -0.15) is 0 Å². The van der Waals surface area contributed by atoms with Crippen molar-refractivity contribution in [3.8, 4) is 11.5 Å². The van der Waals surface area contributed by atoms with Crippen LogP contribution >= 0.6 is 0 Å². The number of amides is 4. The molecule has 9 nitrogen and oxygen atoms in total. The summed E-state index contributed by atoms with van der Waals surface area (Å²) in [6, 6.07) is 4.32. The van der Waals surface area contributed by atoms with E-state index in [1.54, 1.807) is 18.2 Å². The highest BCUT2D eigenvalue weighted by Crippen LogP contribution is 2.33. The van der Waals surface area contributed by atoms with Crippen molar-refractivity contribution < 1.29 is 23.9 Å². The van der Waals surface area contributed by atoms with E-state index in [-0.39, 0.29) is 31.6 Å². The number of imide groups is 1. The summed E-state index contributed by atoms with van der Waals surface area (Å²) in [7, 11) is 0. The smallest absolute Gasteiger partial charge is 0.325 e. The Kier molecular flexibility index (Phi) is 5.57. The number of urea groups is 1. The lowest BCUT2D eigenvalue weighted by Crippen LogP contribution is -2.42. The van der Waals surface area contributed by atoms with Gasteiger partial charge in [-0.05, 0) is 43.6 Å². The maximum absolute atomic E-state index is 12.6. The van der Waals surface area contributed by atoms with Crippen LogP contribution in [0.1, 0.15) is 31.7 Å². The second-order valence-electron chi connectivity index (χ2n) is 7.55. The summed E-state index contributed by atoms with van der Waals surface area (Å²) in [6.45, 7) is 4.99. The highest BCUT2D eigenvalue weighted by molar-refractivity contribution is 6.05. The summed E-state index contributed by atoms with van der Waals surface area (Å²) in [5, 5.41) is 5.53. The number of carbonyl (C=O) groups is 3. The Labute approximate surface area is 169 Å². The van der Waals surface area contributed by atoms with Crippen molar-refractivity contribution in [1.82, 2.24) is 20.4 Å². The van der Waals surface area contributed by atoms with E-state index in [0.29, 0.717) is 24.1 Å². The minimum Gasteiger partial charge on any atom is -0.454 e. The van der Waals surface area contributed by atoms with Crippen molar-refractivity contribution in [2.24, 2.45) is 0 Å². The van der Waals surface area contributed by atoms with E-state index in [4.69, 9.17) is 9.47 Å². The van der Waals surface area contributed by atoms with Crippen molar-refractivity contribution in [3.63, 3.8) is 0 Å². The van der Waals surface area contributed by atoms with Crippen LogP contribution in [0.4, 0.5) is 4.79 Å². The number of likely N-dealkylation sites (N-methyl/N-ethyl adjacent to an activating group) is 1. The van der Waals surface area contributed by atoms with Crippen LogP contribution in [0.25, 0.3) is 0 Å². The fourth-order valence-corrected chi connectivity index (χ4v) is 4.12. The van der Waals surface area contributed by atoms with Crippen LogP contribution in [0.2, 0.25) is 0 Å². The third kappa shape index (κ3) is 4.14. The summed E-state index contributed by atoms with van der Waals surface area (Å²) >= 11 is 0. The van der Waals surface area contributed by atoms with Crippen molar-refractivity contribution >= 4 is 17.8 Å². The first-order valence-corrected chi connectivity index (χ1v) is 10.1. The highest BCUT2D eigenvalue weighted by atomic mass is 16.7. The van der Waals surface area contributed by atoms with E-state index in [9.17, 15) is 14.4 Å². The van der Waals surface area contributed by atoms with Gasteiger partial charge in [0.15, 0.2) is 11.5 Å². The molecule has 3 heterocycles. The van der Waals surface area contributed by atoms with E-state index in [1.807, 2.05) is 0 Å². The number of nitrogens with one attached hydrogen (secondary N) is 2. The van der Waals surface area contributed by atoms with Crippen LogP contribution in [-0.2, 0) is 16.1 Å². The zero-order valence-corrected chi connectivity index (χ0v) is 16.5. The van der Waals surface area contributed by atoms with Crippen LogP contribution in [0.5, 0.6) is 11.5 Å². The quantitative estimate of drug-likeness (QED) is 0.656. The van der Waals surface area contributed by atoms with Crippen molar-refractivity contribution in [1.29, 1.82) is 0 Å². The molecule has 1 aromatic carbocycles. The lowest BCUT2D eigenvalue weighted by molar-refractivity contribution is -0.131. The van der Waals surface area contributed by atoms with E-state index in [0.717, 1.165) is 36.4 Å². The number of rotatable bonds is 7. The van der Waals surface area contributed by atoms with Crippen LogP contribution in [0.3, 0.4) is 0 Å². The minimum atomic E-state index is -0.831. The number of benzene rings is 1.